The zero-order valence-corrected chi connectivity index (χ0v) is 23.1. The summed E-state index contributed by atoms with van der Waals surface area (Å²) in [5, 5.41) is 10.4. The van der Waals surface area contributed by atoms with E-state index in [0.717, 1.165) is 12.4 Å². The quantitative estimate of drug-likeness (QED) is 0.166. The maximum absolute atomic E-state index is 16.1. The van der Waals surface area contributed by atoms with Gasteiger partial charge in [0.25, 0.3) is 0 Å². The third-order valence-corrected chi connectivity index (χ3v) is 8.66. The summed E-state index contributed by atoms with van der Waals surface area (Å²) in [4.78, 5) is 20.3. The molecule has 3 aromatic rings. The number of amides is 1. The lowest BCUT2D eigenvalue weighted by atomic mass is 9.88. The molecule has 2 aliphatic rings. The predicted octanol–water partition coefficient (Wildman–Crippen LogP) is 4.93. The van der Waals surface area contributed by atoms with Gasteiger partial charge in [0.15, 0.2) is 11.5 Å². The summed E-state index contributed by atoms with van der Waals surface area (Å²) in [6.07, 6.45) is -1.01. The molecule has 1 amide bonds. The maximum Gasteiger partial charge on any atom is 0.419 e. The lowest BCUT2D eigenvalue weighted by Gasteiger charge is -2.28. The molecule has 2 aliphatic carbocycles. The molecule has 5 rings (SSSR count). The molecule has 220 valence electrons. The fraction of sp³-hybridized carbons (Fsp3) is 0.462. The van der Waals surface area contributed by atoms with Crippen LogP contribution in [0.4, 0.5) is 33.5 Å². The molecule has 4 atom stereocenters. The van der Waals surface area contributed by atoms with Crippen LogP contribution >= 0.6 is 0 Å². The van der Waals surface area contributed by atoms with Crippen LogP contribution in [0.3, 0.4) is 0 Å². The van der Waals surface area contributed by atoms with Gasteiger partial charge in [0.05, 0.1) is 45.8 Å². The molecule has 0 radical (unpaired) electrons. The molecule has 9 nitrogen and oxygen atoms in total. The van der Waals surface area contributed by atoms with Gasteiger partial charge in [0, 0.05) is 34.8 Å². The van der Waals surface area contributed by atoms with Crippen molar-refractivity contribution in [1.82, 2.24) is 19.1 Å². The Labute approximate surface area is 234 Å². The lowest BCUT2D eigenvalue weighted by molar-refractivity contribution is -0.139. The number of nitrogens with zero attached hydrogens (tertiary/aromatic N) is 3. The van der Waals surface area contributed by atoms with Crippen molar-refractivity contribution in [3.05, 3.63) is 41.1 Å². The predicted molar refractivity (Wildman–Crippen MR) is 144 cm³/mol. The number of alkyl halides is 4. The fourth-order valence-electron chi connectivity index (χ4n) is 4.62. The van der Waals surface area contributed by atoms with E-state index in [0.29, 0.717) is 19.1 Å². The Hall–Kier alpha value is -3.46. The number of anilines is 2. The van der Waals surface area contributed by atoms with E-state index in [1.54, 1.807) is 20.8 Å². The Kier molecular flexibility index (Phi) is 7.17. The number of nitrogens with two attached hydrogens (primary N) is 1. The minimum atomic E-state index is -5.21. The average Bonchev–Trinajstić information content (AvgIpc) is 3.79. The van der Waals surface area contributed by atoms with E-state index in [2.05, 4.69) is 20.0 Å². The topological polar surface area (TPSA) is 138 Å². The number of nitrogen functional groups attached to an aromatic ring is 1. The van der Waals surface area contributed by atoms with Gasteiger partial charge in [-0.1, -0.05) is 0 Å². The molecule has 5 N–H and O–H groups in total. The molecule has 2 unspecified atom stereocenters. The first-order chi connectivity index (χ1) is 19.1. The Balaban J connectivity index is 1.64. The van der Waals surface area contributed by atoms with Crippen LogP contribution in [0.25, 0.3) is 16.9 Å². The number of fused-ring (bicyclic) bond motifs is 1. The number of halogens is 5. The van der Waals surface area contributed by atoms with E-state index in [-0.39, 0.29) is 35.2 Å². The van der Waals surface area contributed by atoms with Crippen molar-refractivity contribution in [2.45, 2.75) is 63.2 Å². The van der Waals surface area contributed by atoms with Gasteiger partial charge in [-0.2, -0.15) is 13.2 Å². The molecule has 2 heterocycles. The summed E-state index contributed by atoms with van der Waals surface area (Å²) in [5.41, 5.74) is 2.42. The summed E-state index contributed by atoms with van der Waals surface area (Å²) in [5.74, 6) is -3.24. The monoisotopic (exact) mass is 597 g/mol. The second-order valence-corrected chi connectivity index (χ2v) is 13.3. The van der Waals surface area contributed by atoms with Crippen LogP contribution < -0.4 is 15.8 Å². The first-order valence-corrected chi connectivity index (χ1v) is 14.0. The number of carbonyl (C=O) groups excluding carboxylic acids is 1. The number of imidazole rings is 1. The molecule has 1 aromatic carbocycles. The number of hydrogen-bond acceptors (Lipinski definition) is 6. The molecule has 2 aromatic heterocycles. The highest BCUT2D eigenvalue weighted by Crippen LogP contribution is 2.50. The van der Waals surface area contributed by atoms with Crippen molar-refractivity contribution in [1.29, 1.82) is 5.41 Å². The molecule has 0 aliphatic heterocycles. The van der Waals surface area contributed by atoms with Crippen LogP contribution in [0.2, 0.25) is 0 Å². The molecule has 41 heavy (non-hydrogen) atoms. The number of rotatable bonds is 8. The van der Waals surface area contributed by atoms with Gasteiger partial charge in [-0.05, 0) is 46.0 Å². The third kappa shape index (κ3) is 5.56. The minimum Gasteiger partial charge on any atom is -0.398 e. The van der Waals surface area contributed by atoms with E-state index in [4.69, 9.17) is 11.1 Å². The van der Waals surface area contributed by atoms with Gasteiger partial charge in [0.2, 0.25) is 5.91 Å². The van der Waals surface area contributed by atoms with Crippen LogP contribution in [0, 0.1) is 23.1 Å². The summed E-state index contributed by atoms with van der Waals surface area (Å²) in [6.45, 7) is 5.02. The number of carbonyl (C=O) groups is 1. The van der Waals surface area contributed by atoms with Gasteiger partial charge in [-0.25, -0.2) is 22.7 Å². The number of benzene rings is 1. The second kappa shape index (κ2) is 10.1. The van der Waals surface area contributed by atoms with E-state index in [1.807, 2.05) is 0 Å². The Bertz CT molecular complexity index is 1580. The van der Waals surface area contributed by atoms with Crippen molar-refractivity contribution < 1.29 is 31.0 Å². The van der Waals surface area contributed by atoms with Crippen LogP contribution in [0.5, 0.6) is 0 Å². The Morgan fingerprint density at radius 1 is 1.27 bits per heavy atom. The van der Waals surface area contributed by atoms with Crippen LogP contribution in [-0.2, 0) is 22.0 Å². The molecular formula is C26H28F5N7O2S. The first kappa shape index (κ1) is 29.0. The van der Waals surface area contributed by atoms with Crippen molar-refractivity contribution in [2.24, 2.45) is 11.8 Å². The SMILES string of the molecule is CC(C)(C)S(=O)NC(c1c(N)c(C=N)c(-c2cn3cc(NC(=O)[C@@H]4C[C@@H]4F)nc3cn2)c(C(F)(F)F)c1F)C1CC1. The number of nitrogens with one attached hydrogen (secondary N) is 3. The van der Waals surface area contributed by atoms with Crippen molar-refractivity contribution in [2.75, 3.05) is 11.1 Å². The number of hydrogen-bond donors (Lipinski definition) is 4. The maximum atomic E-state index is 16.1. The van der Waals surface area contributed by atoms with E-state index < -0.39 is 74.0 Å². The highest BCUT2D eigenvalue weighted by Gasteiger charge is 2.46. The number of aromatic nitrogens is 3. The van der Waals surface area contributed by atoms with Crippen molar-refractivity contribution >= 4 is 40.3 Å². The van der Waals surface area contributed by atoms with Gasteiger partial charge in [-0.15, -0.1) is 0 Å². The lowest BCUT2D eigenvalue weighted by Crippen LogP contribution is -2.37. The largest absolute Gasteiger partial charge is 0.419 e. The standard InChI is InChI=1S/C26H28F5N7O2S/c1-25(2,3)41(40)37-23(11-4-5-11)19-21(28)20(26(29,30)31)18(13(7-32)22(19)33)15-9-38-10-16(35-17(38)8-34-15)36-24(39)12-6-14(12)27/h7-12,14,23,32,37H,4-6,33H2,1-3H3,(H,36,39)/t12-,14+,23?,41?/m1/s1. The van der Waals surface area contributed by atoms with E-state index in [1.165, 1.54) is 10.6 Å². The first-order valence-electron chi connectivity index (χ1n) is 12.8. The molecule has 0 bridgehead atoms. The summed E-state index contributed by atoms with van der Waals surface area (Å²) in [7, 11) is -1.75. The Morgan fingerprint density at radius 2 is 1.93 bits per heavy atom. The van der Waals surface area contributed by atoms with E-state index in [9.17, 15) is 26.6 Å². The summed E-state index contributed by atoms with van der Waals surface area (Å²) < 4.78 is 89.2. The highest BCUT2D eigenvalue weighted by atomic mass is 32.2. The zero-order valence-electron chi connectivity index (χ0n) is 22.3. The molecule has 0 spiro atoms. The molecule has 2 fully saturated rings. The molecule has 2 saturated carbocycles. The second-order valence-electron chi connectivity index (χ2n) is 11.3. The van der Waals surface area contributed by atoms with Gasteiger partial charge < -0.3 is 20.9 Å². The molecule has 0 saturated heterocycles. The summed E-state index contributed by atoms with van der Waals surface area (Å²) >= 11 is 0. The van der Waals surface area contributed by atoms with Crippen molar-refractivity contribution in [3.63, 3.8) is 0 Å². The third-order valence-electron chi connectivity index (χ3n) is 7.08. The zero-order chi connectivity index (χ0) is 30.0. The van der Waals surface area contributed by atoms with E-state index >= 15 is 4.39 Å². The normalized spacial score (nSPS) is 20.6. The fourth-order valence-corrected chi connectivity index (χ4v) is 5.51. The highest BCUT2D eigenvalue weighted by molar-refractivity contribution is 7.84. The van der Waals surface area contributed by atoms with Crippen LogP contribution in [0.15, 0.2) is 18.6 Å². The van der Waals surface area contributed by atoms with Gasteiger partial charge in [0.1, 0.15) is 17.6 Å². The van der Waals surface area contributed by atoms with Gasteiger partial charge >= 0.3 is 6.18 Å². The molecular weight excluding hydrogens is 569 g/mol. The van der Waals surface area contributed by atoms with Gasteiger partial charge in [-0.3, -0.25) is 9.78 Å². The minimum absolute atomic E-state index is 0.0302. The van der Waals surface area contributed by atoms with Crippen molar-refractivity contribution in [3.8, 4) is 11.3 Å². The smallest absolute Gasteiger partial charge is 0.398 e. The Morgan fingerprint density at radius 3 is 2.46 bits per heavy atom. The van der Waals surface area contributed by atoms with Crippen LogP contribution in [-0.4, -0.2) is 41.6 Å². The van der Waals surface area contributed by atoms with Crippen LogP contribution in [0.1, 0.15) is 62.8 Å². The summed E-state index contributed by atoms with van der Waals surface area (Å²) in [6, 6.07) is -1.07. The average molecular weight is 598 g/mol. The molecule has 15 heteroatoms.